The zero-order valence-corrected chi connectivity index (χ0v) is 18.8. The largest absolute Gasteiger partial charge is 0.452 e. The minimum atomic E-state index is -0.425. The van der Waals surface area contributed by atoms with Gasteiger partial charge in [0.2, 0.25) is 0 Å². The predicted octanol–water partition coefficient (Wildman–Crippen LogP) is 2.85. The second-order valence-electron chi connectivity index (χ2n) is 9.19. The van der Waals surface area contributed by atoms with E-state index in [4.69, 9.17) is 14.2 Å². The Morgan fingerprint density at radius 1 is 1.06 bits per heavy atom. The number of ether oxygens (including phenoxy) is 3. The van der Waals surface area contributed by atoms with E-state index in [0.717, 1.165) is 18.7 Å². The van der Waals surface area contributed by atoms with Gasteiger partial charge in [0.25, 0.3) is 0 Å². The Kier molecular flexibility index (Phi) is 5.96. The topological polar surface area (TPSA) is 83.6 Å². The molecular weight excluding hydrogens is 412 g/mol. The fraction of sp³-hybridized carbons (Fsp3) is 0.652. The maximum absolute atomic E-state index is 13.2. The minimum absolute atomic E-state index is 0.136. The molecule has 1 aromatic rings. The lowest BCUT2D eigenvalue weighted by molar-refractivity contribution is 0.00366. The zero-order chi connectivity index (χ0) is 22.2. The Hall–Kier alpha value is -2.36. The van der Waals surface area contributed by atoms with Gasteiger partial charge in [0.05, 0.1) is 44.3 Å². The number of anilines is 2. The van der Waals surface area contributed by atoms with Gasteiger partial charge in [-0.25, -0.2) is 14.6 Å². The molecule has 2 saturated heterocycles. The minimum Gasteiger partial charge on any atom is -0.452 e. The molecule has 1 unspecified atom stereocenters. The van der Waals surface area contributed by atoms with Gasteiger partial charge in [-0.1, -0.05) is 6.07 Å². The molecule has 32 heavy (non-hydrogen) atoms. The number of fused-ring (bicyclic) bond motifs is 1. The molecule has 9 nitrogen and oxygen atoms in total. The van der Waals surface area contributed by atoms with Crippen molar-refractivity contribution in [2.75, 3.05) is 49.8 Å². The number of hydrazine groups is 1. The van der Waals surface area contributed by atoms with Gasteiger partial charge in [0.1, 0.15) is 6.10 Å². The van der Waals surface area contributed by atoms with E-state index in [1.165, 1.54) is 20.0 Å². The summed E-state index contributed by atoms with van der Waals surface area (Å²) in [5.41, 5.74) is 6.04. The highest BCUT2D eigenvalue weighted by Gasteiger charge is 2.39. The summed E-state index contributed by atoms with van der Waals surface area (Å²) in [5, 5.41) is 2.34. The second-order valence-corrected chi connectivity index (χ2v) is 9.19. The molecule has 4 aliphatic rings. The van der Waals surface area contributed by atoms with E-state index >= 15 is 0 Å². The lowest BCUT2D eigenvalue weighted by Gasteiger charge is -2.40. The molecule has 3 aliphatic heterocycles. The molecule has 1 aromatic carbocycles. The van der Waals surface area contributed by atoms with Crippen LogP contribution >= 0.6 is 0 Å². The van der Waals surface area contributed by atoms with Gasteiger partial charge in [-0.15, -0.1) is 0 Å². The number of benzene rings is 1. The van der Waals surface area contributed by atoms with E-state index in [0.29, 0.717) is 55.9 Å². The normalized spacial score (nSPS) is 26.7. The van der Waals surface area contributed by atoms with E-state index in [2.05, 4.69) is 16.5 Å². The van der Waals surface area contributed by atoms with Crippen LogP contribution in [-0.2, 0) is 14.2 Å². The molecule has 0 aromatic heterocycles. The van der Waals surface area contributed by atoms with Gasteiger partial charge in [0, 0.05) is 37.9 Å². The van der Waals surface area contributed by atoms with Gasteiger partial charge >= 0.3 is 12.2 Å². The number of hydrogen-bond donors (Lipinski definition) is 1. The zero-order valence-electron chi connectivity index (χ0n) is 18.8. The Morgan fingerprint density at radius 3 is 2.56 bits per heavy atom. The quantitative estimate of drug-likeness (QED) is 0.768. The van der Waals surface area contributed by atoms with Gasteiger partial charge in [-0.05, 0) is 37.5 Å². The summed E-state index contributed by atoms with van der Waals surface area (Å²) in [4.78, 5) is 29.1. The Labute approximate surface area is 188 Å². The molecule has 9 heteroatoms. The van der Waals surface area contributed by atoms with E-state index < -0.39 is 6.09 Å². The van der Waals surface area contributed by atoms with Crippen LogP contribution in [0, 0.1) is 0 Å². The number of amides is 2. The average molecular weight is 445 g/mol. The van der Waals surface area contributed by atoms with Crippen LogP contribution in [0.1, 0.15) is 44.1 Å². The van der Waals surface area contributed by atoms with Crippen LogP contribution in [0.15, 0.2) is 18.2 Å². The maximum Gasteiger partial charge on any atom is 0.414 e. The molecule has 174 valence electrons. The Morgan fingerprint density at radius 2 is 1.84 bits per heavy atom. The van der Waals surface area contributed by atoms with Crippen molar-refractivity contribution in [3.05, 3.63) is 23.8 Å². The van der Waals surface area contributed by atoms with Crippen LogP contribution < -0.4 is 15.2 Å². The number of nitrogens with one attached hydrogen (secondary N) is 1. The third-order valence-electron chi connectivity index (χ3n) is 6.88. The molecule has 1 N–H and O–H groups in total. The van der Waals surface area contributed by atoms with Crippen LogP contribution in [0.25, 0.3) is 0 Å². The first-order valence-electron chi connectivity index (χ1n) is 11.6. The summed E-state index contributed by atoms with van der Waals surface area (Å²) in [7, 11) is 1.38. The summed E-state index contributed by atoms with van der Waals surface area (Å²) >= 11 is 0. The fourth-order valence-electron chi connectivity index (χ4n) is 4.93. The molecule has 2 atom stereocenters. The van der Waals surface area contributed by atoms with Crippen LogP contribution in [0.2, 0.25) is 0 Å². The van der Waals surface area contributed by atoms with Crippen molar-refractivity contribution in [1.82, 2.24) is 10.4 Å². The standard InChI is InChI=1S/C23H32N4O5/c1-15-13-25(22(28)32-19-7-9-31-10-8-19)21-11-16(3-6-20(21)27(15)23(29)30-2)17-12-24-26(14-17)18-4-5-18/h3,6,11,15,17-19,24H,4-5,7-10,12-14H2,1-2H3/t15-,17?/m0/s1. The van der Waals surface area contributed by atoms with Crippen LogP contribution in [0.3, 0.4) is 0 Å². The molecule has 0 spiro atoms. The first kappa shape index (κ1) is 21.5. The molecule has 0 bridgehead atoms. The van der Waals surface area contributed by atoms with Crippen molar-refractivity contribution in [2.24, 2.45) is 0 Å². The van der Waals surface area contributed by atoms with Crippen molar-refractivity contribution < 1.29 is 23.8 Å². The van der Waals surface area contributed by atoms with Crippen molar-refractivity contribution in [3.8, 4) is 0 Å². The van der Waals surface area contributed by atoms with Gasteiger partial charge < -0.3 is 14.2 Å². The first-order valence-corrected chi connectivity index (χ1v) is 11.6. The predicted molar refractivity (Wildman–Crippen MR) is 119 cm³/mol. The third kappa shape index (κ3) is 4.16. The van der Waals surface area contributed by atoms with Gasteiger partial charge in [0.15, 0.2) is 0 Å². The molecule has 3 heterocycles. The number of methoxy groups -OCH3 is 1. The van der Waals surface area contributed by atoms with Crippen LogP contribution in [-0.4, -0.2) is 75.3 Å². The smallest absolute Gasteiger partial charge is 0.414 e. The number of carbonyl (C=O) groups is 2. The third-order valence-corrected chi connectivity index (χ3v) is 6.88. The van der Waals surface area contributed by atoms with Crippen LogP contribution in [0.4, 0.5) is 21.0 Å². The van der Waals surface area contributed by atoms with Crippen LogP contribution in [0.5, 0.6) is 0 Å². The summed E-state index contributed by atoms with van der Waals surface area (Å²) in [6.07, 6.45) is 3.00. The summed E-state index contributed by atoms with van der Waals surface area (Å²) < 4.78 is 16.2. The number of carbonyl (C=O) groups excluding carboxylic acids is 2. The lowest BCUT2D eigenvalue weighted by atomic mass is 9.97. The SMILES string of the molecule is COC(=O)N1c2ccc(C3CNN(C4CC4)C3)cc2N(C(=O)OC2CCOCC2)C[C@@H]1C. The Bertz CT molecular complexity index is 870. The second kappa shape index (κ2) is 8.88. The number of nitrogens with zero attached hydrogens (tertiary/aromatic N) is 3. The highest BCUT2D eigenvalue weighted by Crippen LogP contribution is 2.40. The highest BCUT2D eigenvalue weighted by atomic mass is 16.6. The van der Waals surface area contributed by atoms with Crippen molar-refractivity contribution in [2.45, 2.75) is 56.7 Å². The number of rotatable bonds is 3. The van der Waals surface area contributed by atoms with E-state index in [1.54, 1.807) is 9.80 Å². The average Bonchev–Trinajstić information content (AvgIpc) is 3.55. The van der Waals surface area contributed by atoms with E-state index in [-0.39, 0.29) is 18.2 Å². The van der Waals surface area contributed by atoms with E-state index in [9.17, 15) is 9.59 Å². The van der Waals surface area contributed by atoms with Gasteiger partial charge in [-0.2, -0.15) is 0 Å². The fourth-order valence-corrected chi connectivity index (χ4v) is 4.93. The Balaban J connectivity index is 1.43. The molecule has 0 radical (unpaired) electrons. The molecule has 1 aliphatic carbocycles. The summed E-state index contributed by atoms with van der Waals surface area (Å²) in [6, 6.07) is 6.47. The monoisotopic (exact) mass is 444 g/mol. The lowest BCUT2D eigenvalue weighted by Crippen LogP contribution is -2.52. The van der Waals surface area contributed by atoms with E-state index in [1.807, 2.05) is 19.1 Å². The summed E-state index contributed by atoms with van der Waals surface area (Å²) in [6.45, 7) is 5.31. The summed E-state index contributed by atoms with van der Waals surface area (Å²) in [5.74, 6) is 0.334. The molecule has 3 fully saturated rings. The van der Waals surface area contributed by atoms with Crippen molar-refractivity contribution >= 4 is 23.6 Å². The first-order chi connectivity index (χ1) is 15.5. The van der Waals surface area contributed by atoms with Gasteiger partial charge in [-0.3, -0.25) is 15.2 Å². The molecular formula is C23H32N4O5. The molecule has 1 saturated carbocycles. The molecule has 5 rings (SSSR count). The maximum atomic E-state index is 13.2. The highest BCUT2D eigenvalue weighted by molar-refractivity contribution is 6.01. The molecule has 2 amide bonds. The number of hydrogen-bond acceptors (Lipinski definition) is 7. The van der Waals surface area contributed by atoms with Crippen molar-refractivity contribution in [1.29, 1.82) is 0 Å². The van der Waals surface area contributed by atoms with Crippen molar-refractivity contribution in [3.63, 3.8) is 0 Å².